The van der Waals surface area contributed by atoms with E-state index in [1.165, 1.54) is 4.90 Å². The summed E-state index contributed by atoms with van der Waals surface area (Å²) in [5.74, 6) is -3.90. The van der Waals surface area contributed by atoms with E-state index >= 15 is 0 Å². The van der Waals surface area contributed by atoms with Gasteiger partial charge >= 0.3 is 0 Å². The molecule has 4 aliphatic rings. The van der Waals surface area contributed by atoms with E-state index in [4.69, 9.17) is 4.74 Å². The van der Waals surface area contributed by atoms with Crippen molar-refractivity contribution in [1.82, 2.24) is 4.90 Å². The Bertz CT molecular complexity index is 942. The molecular weight excluding hydrogens is 390 g/mol. The molecule has 0 aromatic heterocycles. The van der Waals surface area contributed by atoms with Crippen LogP contribution in [0.2, 0.25) is 0 Å². The SMILES string of the molecule is O=C([O-])CC[C@@H]1[NH2+][C@@]2(C(=O)Nc3ccccc32)[C@H]2C(=O)N(C[C@@H]3CCCO3)C(=O)[C@@H]12. The van der Waals surface area contributed by atoms with E-state index in [0.29, 0.717) is 17.9 Å². The van der Waals surface area contributed by atoms with Gasteiger partial charge in [0.1, 0.15) is 17.9 Å². The fraction of sp³-hybridized carbons (Fsp3) is 0.524. The Morgan fingerprint density at radius 3 is 2.80 bits per heavy atom. The number of ether oxygens (including phenoxy) is 1. The van der Waals surface area contributed by atoms with E-state index in [0.717, 1.165) is 12.8 Å². The molecule has 4 heterocycles. The number of hydrogen-bond donors (Lipinski definition) is 2. The fourth-order valence-corrected chi connectivity index (χ4v) is 5.70. The molecule has 1 aromatic rings. The average molecular weight is 413 g/mol. The number of quaternary nitrogens is 1. The second-order valence-electron chi connectivity index (χ2n) is 8.54. The highest BCUT2D eigenvalue weighted by molar-refractivity contribution is 6.13. The summed E-state index contributed by atoms with van der Waals surface area (Å²) in [4.78, 5) is 52.4. The van der Waals surface area contributed by atoms with Crippen molar-refractivity contribution >= 4 is 29.4 Å². The summed E-state index contributed by atoms with van der Waals surface area (Å²) in [5, 5.41) is 15.7. The van der Waals surface area contributed by atoms with Crippen molar-refractivity contribution in [1.29, 1.82) is 0 Å². The number of para-hydroxylation sites is 1. The van der Waals surface area contributed by atoms with Crippen molar-refractivity contribution in [2.75, 3.05) is 18.5 Å². The molecule has 30 heavy (non-hydrogen) atoms. The zero-order valence-electron chi connectivity index (χ0n) is 16.3. The van der Waals surface area contributed by atoms with Crippen LogP contribution in [0, 0.1) is 11.8 Å². The topological polar surface area (TPSA) is 132 Å². The Labute approximate surface area is 172 Å². The summed E-state index contributed by atoms with van der Waals surface area (Å²) < 4.78 is 5.61. The Balaban J connectivity index is 1.55. The van der Waals surface area contributed by atoms with Gasteiger partial charge in [0, 0.05) is 24.6 Å². The van der Waals surface area contributed by atoms with Crippen molar-refractivity contribution < 1.29 is 34.3 Å². The number of rotatable bonds is 5. The summed E-state index contributed by atoms with van der Waals surface area (Å²) in [6.45, 7) is 0.784. The van der Waals surface area contributed by atoms with Crippen LogP contribution in [0.25, 0.3) is 0 Å². The molecule has 3 saturated heterocycles. The first-order chi connectivity index (χ1) is 14.4. The number of hydrogen-bond acceptors (Lipinski definition) is 6. The maximum atomic E-state index is 13.5. The highest BCUT2D eigenvalue weighted by atomic mass is 16.5. The first-order valence-corrected chi connectivity index (χ1v) is 10.4. The zero-order chi connectivity index (χ0) is 21.0. The normalized spacial score (nSPS) is 34.5. The third-order valence-corrected chi connectivity index (χ3v) is 6.96. The molecule has 1 spiro atoms. The Morgan fingerprint density at radius 1 is 1.27 bits per heavy atom. The molecule has 0 radical (unpaired) electrons. The molecule has 158 valence electrons. The number of carboxylic acid groups (broad SMARTS) is 1. The number of nitrogens with zero attached hydrogens (tertiary/aromatic N) is 1. The lowest BCUT2D eigenvalue weighted by Crippen LogP contribution is -2.99. The third-order valence-electron chi connectivity index (χ3n) is 6.96. The lowest BCUT2D eigenvalue weighted by Gasteiger charge is -2.27. The predicted molar refractivity (Wildman–Crippen MR) is 99.4 cm³/mol. The van der Waals surface area contributed by atoms with E-state index in [9.17, 15) is 24.3 Å². The van der Waals surface area contributed by atoms with Crippen LogP contribution in [0.3, 0.4) is 0 Å². The van der Waals surface area contributed by atoms with Gasteiger partial charge in [-0.25, -0.2) is 0 Å². The summed E-state index contributed by atoms with van der Waals surface area (Å²) in [5.41, 5.74) is 0.0209. The van der Waals surface area contributed by atoms with Crippen molar-refractivity contribution in [2.24, 2.45) is 11.8 Å². The number of fused-ring (bicyclic) bond motifs is 4. The molecule has 1 aromatic carbocycles. The van der Waals surface area contributed by atoms with Gasteiger partial charge in [-0.3, -0.25) is 19.3 Å². The lowest BCUT2D eigenvalue weighted by molar-refractivity contribution is -0.734. The van der Waals surface area contributed by atoms with E-state index in [-0.39, 0.29) is 43.2 Å². The molecule has 3 amide bonds. The van der Waals surface area contributed by atoms with Crippen LogP contribution in [-0.4, -0.2) is 53.9 Å². The molecule has 3 fully saturated rings. The molecule has 0 unspecified atom stereocenters. The summed E-state index contributed by atoms with van der Waals surface area (Å²) >= 11 is 0. The number of carboxylic acids is 1. The minimum atomic E-state index is -1.27. The maximum absolute atomic E-state index is 13.5. The second-order valence-corrected chi connectivity index (χ2v) is 8.54. The van der Waals surface area contributed by atoms with Crippen LogP contribution in [0.1, 0.15) is 31.2 Å². The fourth-order valence-electron chi connectivity index (χ4n) is 5.70. The van der Waals surface area contributed by atoms with Crippen molar-refractivity contribution in [3.8, 4) is 0 Å². The molecule has 0 aliphatic carbocycles. The summed E-state index contributed by atoms with van der Waals surface area (Å²) in [6.07, 6.45) is 1.38. The smallest absolute Gasteiger partial charge is 0.291 e. The molecule has 4 aliphatic heterocycles. The number of nitrogens with two attached hydrogens (primary N) is 1. The van der Waals surface area contributed by atoms with Crippen LogP contribution in [-0.2, 0) is 29.5 Å². The number of likely N-dealkylation sites (tertiary alicyclic amines) is 1. The number of anilines is 1. The Kier molecular flexibility index (Phi) is 4.41. The van der Waals surface area contributed by atoms with Crippen molar-refractivity contribution in [2.45, 2.75) is 43.4 Å². The van der Waals surface area contributed by atoms with E-state index in [1.807, 2.05) is 0 Å². The number of aliphatic carboxylic acids is 1. The van der Waals surface area contributed by atoms with Crippen LogP contribution in [0.4, 0.5) is 5.69 Å². The average Bonchev–Trinajstić information content (AvgIpc) is 3.46. The third kappa shape index (κ3) is 2.61. The first kappa shape index (κ1) is 19.2. The quantitative estimate of drug-likeness (QED) is 0.542. The van der Waals surface area contributed by atoms with Gasteiger partial charge in [-0.15, -0.1) is 0 Å². The number of carbonyl (C=O) groups excluding carboxylic acids is 4. The first-order valence-electron chi connectivity index (χ1n) is 10.4. The summed E-state index contributed by atoms with van der Waals surface area (Å²) in [7, 11) is 0. The van der Waals surface area contributed by atoms with E-state index in [1.54, 1.807) is 29.6 Å². The maximum Gasteiger partial charge on any atom is 0.291 e. The monoisotopic (exact) mass is 413 g/mol. The van der Waals surface area contributed by atoms with Gasteiger partial charge in [-0.2, -0.15) is 0 Å². The van der Waals surface area contributed by atoms with Crippen molar-refractivity contribution in [3.63, 3.8) is 0 Å². The van der Waals surface area contributed by atoms with Crippen LogP contribution in [0.5, 0.6) is 0 Å². The highest BCUT2D eigenvalue weighted by Crippen LogP contribution is 2.49. The van der Waals surface area contributed by atoms with Gasteiger partial charge in [0.2, 0.25) is 17.4 Å². The number of benzene rings is 1. The molecule has 5 atom stereocenters. The zero-order valence-corrected chi connectivity index (χ0v) is 16.3. The Morgan fingerprint density at radius 2 is 2.07 bits per heavy atom. The number of imide groups is 1. The number of amides is 3. The van der Waals surface area contributed by atoms with Gasteiger partial charge in [-0.05, 0) is 25.3 Å². The molecular formula is C21H23N3O6. The van der Waals surface area contributed by atoms with Crippen LogP contribution in [0.15, 0.2) is 24.3 Å². The number of nitrogens with one attached hydrogen (secondary N) is 1. The van der Waals surface area contributed by atoms with Crippen molar-refractivity contribution in [3.05, 3.63) is 29.8 Å². The molecule has 5 rings (SSSR count). The Hall–Kier alpha value is -2.78. The van der Waals surface area contributed by atoms with Crippen LogP contribution < -0.4 is 15.7 Å². The lowest BCUT2D eigenvalue weighted by atomic mass is 9.76. The summed E-state index contributed by atoms with van der Waals surface area (Å²) in [6, 6.07) is 6.65. The largest absolute Gasteiger partial charge is 0.550 e. The predicted octanol–water partition coefficient (Wildman–Crippen LogP) is -1.91. The minimum Gasteiger partial charge on any atom is -0.550 e. The van der Waals surface area contributed by atoms with E-state index in [2.05, 4.69) is 5.32 Å². The highest BCUT2D eigenvalue weighted by Gasteiger charge is 2.74. The van der Waals surface area contributed by atoms with Gasteiger partial charge < -0.3 is 25.3 Å². The minimum absolute atomic E-state index is 0.146. The second kappa shape index (κ2) is 6.88. The van der Waals surface area contributed by atoms with E-state index < -0.39 is 29.4 Å². The molecule has 0 bridgehead atoms. The standard InChI is InChI=1S/C21H23N3O6/c25-15(26)8-7-14-16-17(19(28)24(18(16)27)10-11-4-3-9-30-11)21(23-14)12-5-1-2-6-13(12)22-20(21)29/h1-2,5-6,11,14,16-17,23H,3-4,7-10H2,(H,22,29)(H,25,26)/t11-,14-,16-,17+,21+/m0/s1. The molecule has 9 nitrogen and oxygen atoms in total. The molecule has 3 N–H and O–H groups in total. The van der Waals surface area contributed by atoms with Gasteiger partial charge in [-0.1, -0.05) is 18.2 Å². The molecule has 0 saturated carbocycles. The van der Waals surface area contributed by atoms with Gasteiger partial charge in [0.15, 0.2) is 0 Å². The van der Waals surface area contributed by atoms with Gasteiger partial charge in [0.05, 0.1) is 18.3 Å². The number of carbonyl (C=O) groups is 4. The van der Waals surface area contributed by atoms with Gasteiger partial charge in [0.25, 0.3) is 5.91 Å². The van der Waals surface area contributed by atoms with Crippen LogP contribution >= 0.6 is 0 Å². The molecule has 9 heteroatoms.